The van der Waals surface area contributed by atoms with Crippen molar-refractivity contribution in [2.45, 2.75) is 32.7 Å². The van der Waals surface area contributed by atoms with Crippen molar-refractivity contribution < 1.29 is 9.59 Å². The van der Waals surface area contributed by atoms with Gasteiger partial charge in [-0.25, -0.2) is 0 Å². The van der Waals surface area contributed by atoms with Crippen LogP contribution in [0.3, 0.4) is 0 Å². The van der Waals surface area contributed by atoms with Gasteiger partial charge in [0.15, 0.2) is 0 Å². The quantitative estimate of drug-likeness (QED) is 0.713. The van der Waals surface area contributed by atoms with E-state index in [1.807, 2.05) is 13.0 Å². The van der Waals surface area contributed by atoms with Gasteiger partial charge < -0.3 is 16.4 Å². The topological polar surface area (TPSA) is 84.2 Å². The molecule has 0 spiro atoms. The molecule has 0 aliphatic carbocycles. The van der Waals surface area contributed by atoms with Crippen LogP contribution in [0.2, 0.25) is 0 Å². The van der Waals surface area contributed by atoms with Gasteiger partial charge in [-0.2, -0.15) is 0 Å². The molecule has 0 heterocycles. The summed E-state index contributed by atoms with van der Waals surface area (Å²) < 4.78 is 0. The van der Waals surface area contributed by atoms with Crippen molar-refractivity contribution in [2.24, 2.45) is 11.7 Å². The molecule has 6 heteroatoms. The summed E-state index contributed by atoms with van der Waals surface area (Å²) >= 11 is 0. The molecule has 0 bridgehead atoms. The van der Waals surface area contributed by atoms with E-state index in [9.17, 15) is 9.59 Å². The fraction of sp³-hybridized carbons (Fsp3) is 0.500. The second-order valence-electron chi connectivity index (χ2n) is 5.96. The normalized spacial score (nSPS) is 13.0. The molecule has 1 atom stereocenters. The number of nitrogens with two attached hydrogens (primary N) is 1. The second-order valence-corrected chi connectivity index (χ2v) is 5.96. The Labute approximate surface area is 138 Å². The van der Waals surface area contributed by atoms with Crippen LogP contribution in [-0.2, 0) is 4.79 Å². The van der Waals surface area contributed by atoms with E-state index in [1.54, 1.807) is 24.3 Å². The van der Waals surface area contributed by atoms with E-state index in [4.69, 9.17) is 5.73 Å². The van der Waals surface area contributed by atoms with Crippen molar-refractivity contribution in [1.29, 1.82) is 0 Å². The Kier molecular flexibility index (Phi) is 8.75. The molecule has 0 aliphatic heterocycles. The first-order valence-electron chi connectivity index (χ1n) is 7.20. The molecular formula is C16H26ClN3O2. The van der Waals surface area contributed by atoms with Gasteiger partial charge in [0.05, 0.1) is 6.54 Å². The van der Waals surface area contributed by atoms with E-state index < -0.39 is 5.54 Å². The van der Waals surface area contributed by atoms with Crippen LogP contribution in [0.4, 0.5) is 0 Å². The van der Waals surface area contributed by atoms with E-state index in [0.29, 0.717) is 18.0 Å². The third kappa shape index (κ3) is 6.91. The van der Waals surface area contributed by atoms with Gasteiger partial charge in [-0.05, 0) is 31.4 Å². The van der Waals surface area contributed by atoms with Crippen LogP contribution in [0.15, 0.2) is 30.3 Å². The Morgan fingerprint density at radius 2 is 1.82 bits per heavy atom. The van der Waals surface area contributed by atoms with Crippen molar-refractivity contribution in [3.05, 3.63) is 35.9 Å². The third-order valence-electron chi connectivity index (χ3n) is 3.20. The molecule has 0 saturated carbocycles. The van der Waals surface area contributed by atoms with Gasteiger partial charge in [0, 0.05) is 17.6 Å². The fourth-order valence-electron chi connectivity index (χ4n) is 2.32. The number of benzene rings is 1. The van der Waals surface area contributed by atoms with Crippen LogP contribution < -0.4 is 16.4 Å². The average Bonchev–Trinajstić information content (AvgIpc) is 2.44. The van der Waals surface area contributed by atoms with Gasteiger partial charge in [-0.1, -0.05) is 32.0 Å². The maximum absolute atomic E-state index is 12.0. The Morgan fingerprint density at radius 1 is 1.23 bits per heavy atom. The van der Waals surface area contributed by atoms with E-state index in [1.165, 1.54) is 0 Å². The predicted octanol–water partition coefficient (Wildman–Crippen LogP) is 1.72. The second kappa shape index (κ2) is 9.43. The molecule has 124 valence electrons. The summed E-state index contributed by atoms with van der Waals surface area (Å²) in [5.41, 5.74) is 5.84. The lowest BCUT2D eigenvalue weighted by Crippen LogP contribution is -2.54. The highest BCUT2D eigenvalue weighted by Crippen LogP contribution is 2.14. The maximum Gasteiger partial charge on any atom is 0.251 e. The molecule has 2 amide bonds. The number of carbonyl (C=O) groups is 2. The molecule has 0 aliphatic rings. The first-order valence-corrected chi connectivity index (χ1v) is 7.20. The molecule has 0 aromatic heterocycles. The lowest BCUT2D eigenvalue weighted by molar-refractivity contribution is -0.121. The Hall–Kier alpha value is -1.59. The van der Waals surface area contributed by atoms with Crippen LogP contribution in [0.1, 0.15) is 37.6 Å². The fourth-order valence-corrected chi connectivity index (χ4v) is 2.32. The molecular weight excluding hydrogens is 302 g/mol. The van der Waals surface area contributed by atoms with Crippen molar-refractivity contribution >= 4 is 24.2 Å². The van der Waals surface area contributed by atoms with Gasteiger partial charge >= 0.3 is 0 Å². The summed E-state index contributed by atoms with van der Waals surface area (Å²) in [6, 6.07) is 8.81. The molecule has 5 nitrogen and oxygen atoms in total. The van der Waals surface area contributed by atoms with E-state index >= 15 is 0 Å². The van der Waals surface area contributed by atoms with Gasteiger partial charge in [0.2, 0.25) is 5.91 Å². The number of rotatable bonds is 7. The lowest BCUT2D eigenvalue weighted by Gasteiger charge is -2.31. The highest BCUT2D eigenvalue weighted by Gasteiger charge is 2.25. The first-order chi connectivity index (χ1) is 9.86. The number of hydrogen-bond acceptors (Lipinski definition) is 3. The number of amides is 2. The molecule has 1 unspecified atom stereocenters. The van der Waals surface area contributed by atoms with Gasteiger partial charge in [0.1, 0.15) is 0 Å². The van der Waals surface area contributed by atoms with Crippen molar-refractivity contribution in [1.82, 2.24) is 10.6 Å². The van der Waals surface area contributed by atoms with Crippen molar-refractivity contribution in [3.8, 4) is 0 Å². The molecule has 22 heavy (non-hydrogen) atoms. The smallest absolute Gasteiger partial charge is 0.251 e. The minimum Gasteiger partial charge on any atom is -0.348 e. The molecule has 0 saturated heterocycles. The molecule has 0 radical (unpaired) electrons. The molecule has 4 N–H and O–H groups in total. The standard InChI is InChI=1S/C16H25N3O2.ClH/c1-12(2)9-16(3,11-17)19-14(20)10-18-15(21)13-7-5-4-6-8-13;/h4-8,12H,9-11,17H2,1-3H3,(H,18,21)(H,19,20);1H. The van der Waals surface area contributed by atoms with Gasteiger partial charge in [0.25, 0.3) is 5.91 Å². The number of hydrogen-bond donors (Lipinski definition) is 3. The molecule has 0 fully saturated rings. The van der Waals surface area contributed by atoms with Crippen LogP contribution in [0.25, 0.3) is 0 Å². The summed E-state index contributed by atoms with van der Waals surface area (Å²) in [4.78, 5) is 23.8. The lowest BCUT2D eigenvalue weighted by atomic mass is 9.91. The van der Waals surface area contributed by atoms with Crippen LogP contribution >= 0.6 is 12.4 Å². The van der Waals surface area contributed by atoms with Gasteiger partial charge in [-0.15, -0.1) is 12.4 Å². The highest BCUT2D eigenvalue weighted by molar-refractivity contribution is 5.96. The number of halogens is 1. The van der Waals surface area contributed by atoms with Crippen LogP contribution in [-0.4, -0.2) is 30.4 Å². The number of nitrogens with one attached hydrogen (secondary N) is 2. The Balaban J connectivity index is 0.00000441. The predicted molar refractivity (Wildman–Crippen MR) is 91.1 cm³/mol. The largest absolute Gasteiger partial charge is 0.348 e. The van der Waals surface area contributed by atoms with E-state index in [-0.39, 0.29) is 30.8 Å². The van der Waals surface area contributed by atoms with Crippen LogP contribution in [0.5, 0.6) is 0 Å². The average molecular weight is 328 g/mol. The summed E-state index contributed by atoms with van der Waals surface area (Å²) in [5.74, 6) is -0.0605. The Morgan fingerprint density at radius 3 is 2.32 bits per heavy atom. The van der Waals surface area contributed by atoms with Crippen molar-refractivity contribution in [3.63, 3.8) is 0 Å². The first kappa shape index (κ1) is 20.4. The maximum atomic E-state index is 12.0. The molecule has 1 rings (SSSR count). The minimum absolute atomic E-state index is 0. The zero-order valence-electron chi connectivity index (χ0n) is 13.4. The minimum atomic E-state index is -0.442. The van der Waals surface area contributed by atoms with E-state index in [2.05, 4.69) is 24.5 Å². The summed E-state index contributed by atoms with van der Waals surface area (Å²) in [7, 11) is 0. The van der Waals surface area contributed by atoms with Crippen molar-refractivity contribution in [2.75, 3.05) is 13.1 Å². The SMILES string of the molecule is CC(C)CC(C)(CN)NC(=O)CNC(=O)c1ccccc1.Cl. The summed E-state index contributed by atoms with van der Waals surface area (Å²) in [6.07, 6.45) is 0.794. The van der Waals surface area contributed by atoms with Crippen LogP contribution in [0, 0.1) is 5.92 Å². The van der Waals surface area contributed by atoms with Gasteiger partial charge in [-0.3, -0.25) is 9.59 Å². The summed E-state index contributed by atoms with van der Waals surface area (Å²) in [5, 5.41) is 5.51. The zero-order valence-corrected chi connectivity index (χ0v) is 14.2. The molecule has 1 aromatic rings. The third-order valence-corrected chi connectivity index (χ3v) is 3.20. The monoisotopic (exact) mass is 327 g/mol. The van der Waals surface area contributed by atoms with E-state index in [0.717, 1.165) is 6.42 Å². The number of carbonyl (C=O) groups excluding carboxylic acids is 2. The zero-order chi connectivity index (χ0) is 15.9. The molecule has 1 aromatic carbocycles. The highest BCUT2D eigenvalue weighted by atomic mass is 35.5. The Bertz CT molecular complexity index is 480. The summed E-state index contributed by atoms with van der Waals surface area (Å²) in [6.45, 7) is 6.39.